The van der Waals surface area contributed by atoms with E-state index < -0.39 is 12.0 Å². The zero-order chi connectivity index (χ0) is 13.8. The summed E-state index contributed by atoms with van der Waals surface area (Å²) in [4.78, 5) is 15.7. The fourth-order valence-electron chi connectivity index (χ4n) is 1.48. The lowest BCUT2D eigenvalue weighted by Gasteiger charge is -2.12. The smallest absolute Gasteiger partial charge is 0.257 e. The molecule has 0 bridgehead atoms. The van der Waals surface area contributed by atoms with Crippen molar-refractivity contribution in [3.8, 4) is 0 Å². The molecular formula is C13H10Cl2N2O2. The topological polar surface area (TPSA) is 62.2 Å². The number of nitrogens with one attached hydrogen (secondary N) is 1. The zero-order valence-electron chi connectivity index (χ0n) is 9.68. The lowest BCUT2D eigenvalue weighted by molar-refractivity contribution is -0.124. The van der Waals surface area contributed by atoms with Crippen LogP contribution in [0.5, 0.6) is 0 Å². The van der Waals surface area contributed by atoms with Crippen molar-refractivity contribution in [2.24, 2.45) is 0 Å². The number of pyridine rings is 1. The van der Waals surface area contributed by atoms with Crippen molar-refractivity contribution in [3.63, 3.8) is 0 Å². The number of benzene rings is 1. The Kier molecular flexibility index (Phi) is 4.37. The zero-order valence-corrected chi connectivity index (χ0v) is 11.2. The predicted octanol–water partition coefficient (Wildman–Crippen LogP) is 3.06. The first-order valence-corrected chi connectivity index (χ1v) is 6.18. The van der Waals surface area contributed by atoms with Gasteiger partial charge in [0.2, 0.25) is 0 Å². The summed E-state index contributed by atoms with van der Waals surface area (Å²) < 4.78 is 0. The Balaban J connectivity index is 2.12. The fraction of sp³-hybridized carbons (Fsp3) is 0.0769. The molecule has 4 nitrogen and oxygen atoms in total. The Morgan fingerprint density at radius 2 is 1.89 bits per heavy atom. The molecule has 2 aromatic rings. The molecule has 1 amide bonds. The van der Waals surface area contributed by atoms with Crippen molar-refractivity contribution in [3.05, 3.63) is 58.3 Å². The molecule has 0 aliphatic heterocycles. The third-order valence-electron chi connectivity index (χ3n) is 2.45. The summed E-state index contributed by atoms with van der Waals surface area (Å²) in [7, 11) is 0. The number of nitrogens with zero attached hydrogens (tertiary/aromatic N) is 1. The number of amides is 1. The van der Waals surface area contributed by atoms with E-state index in [1.165, 1.54) is 6.20 Å². The van der Waals surface area contributed by atoms with Crippen LogP contribution in [0.1, 0.15) is 11.7 Å². The van der Waals surface area contributed by atoms with E-state index in [4.69, 9.17) is 23.2 Å². The number of hydrogen-bond acceptors (Lipinski definition) is 3. The Bertz CT molecular complexity index is 587. The molecule has 1 atom stereocenters. The summed E-state index contributed by atoms with van der Waals surface area (Å²) in [6.07, 6.45) is 0.210. The minimum Gasteiger partial charge on any atom is -0.378 e. The van der Waals surface area contributed by atoms with Crippen molar-refractivity contribution in [2.45, 2.75) is 6.10 Å². The average Bonchev–Trinajstić information content (AvgIpc) is 2.41. The van der Waals surface area contributed by atoms with Crippen molar-refractivity contribution in [1.82, 2.24) is 4.98 Å². The second-order valence-electron chi connectivity index (χ2n) is 3.79. The van der Waals surface area contributed by atoms with E-state index in [0.29, 0.717) is 16.3 Å². The first-order valence-electron chi connectivity index (χ1n) is 5.43. The van der Waals surface area contributed by atoms with Gasteiger partial charge >= 0.3 is 0 Å². The summed E-state index contributed by atoms with van der Waals surface area (Å²) in [6.45, 7) is 0. The number of anilines is 1. The van der Waals surface area contributed by atoms with Gasteiger partial charge in [0.1, 0.15) is 0 Å². The van der Waals surface area contributed by atoms with Crippen molar-refractivity contribution < 1.29 is 9.90 Å². The molecule has 0 aliphatic rings. The summed E-state index contributed by atoms with van der Waals surface area (Å²) in [5.41, 5.74) is 0.795. The van der Waals surface area contributed by atoms with Gasteiger partial charge in [-0.3, -0.25) is 4.79 Å². The number of aliphatic hydroxyl groups excluding tert-OH is 1. The maximum absolute atomic E-state index is 11.9. The molecule has 98 valence electrons. The highest BCUT2D eigenvalue weighted by Gasteiger charge is 2.18. The molecule has 1 aromatic carbocycles. The number of aromatic nitrogens is 1. The van der Waals surface area contributed by atoms with Crippen LogP contribution in [0.25, 0.3) is 0 Å². The first-order chi connectivity index (χ1) is 9.08. The maximum Gasteiger partial charge on any atom is 0.257 e. The van der Waals surface area contributed by atoms with Crippen LogP contribution in [0.3, 0.4) is 0 Å². The van der Waals surface area contributed by atoms with Gasteiger partial charge in [-0.25, -0.2) is 4.98 Å². The molecule has 0 spiro atoms. The number of rotatable bonds is 3. The van der Waals surface area contributed by atoms with E-state index in [1.54, 1.807) is 36.4 Å². The molecule has 1 unspecified atom stereocenters. The number of hydrogen-bond donors (Lipinski definition) is 2. The average molecular weight is 297 g/mol. The van der Waals surface area contributed by atoms with Gasteiger partial charge < -0.3 is 10.4 Å². The Morgan fingerprint density at radius 3 is 2.53 bits per heavy atom. The van der Waals surface area contributed by atoms with Gasteiger partial charge in [0.15, 0.2) is 11.3 Å². The molecule has 2 N–H and O–H groups in total. The minimum absolute atomic E-state index is 0.166. The molecule has 1 aromatic heterocycles. The van der Waals surface area contributed by atoms with Crippen LogP contribution in [0.15, 0.2) is 42.6 Å². The summed E-state index contributed by atoms with van der Waals surface area (Å²) in [6, 6.07) is 9.60. The lowest BCUT2D eigenvalue weighted by atomic mass is 10.1. The number of carbonyl (C=O) groups excluding carboxylic acids is 1. The summed E-state index contributed by atoms with van der Waals surface area (Å²) in [5, 5.41) is 13.1. The molecule has 0 radical (unpaired) electrons. The molecule has 6 heteroatoms. The van der Waals surface area contributed by atoms with Gasteiger partial charge in [0, 0.05) is 11.2 Å². The van der Waals surface area contributed by atoms with E-state index in [9.17, 15) is 9.90 Å². The molecule has 0 aliphatic carbocycles. The highest BCUT2D eigenvalue weighted by molar-refractivity contribution is 6.32. The minimum atomic E-state index is -1.30. The molecule has 1 heterocycles. The van der Waals surface area contributed by atoms with E-state index in [-0.39, 0.29) is 5.15 Å². The van der Waals surface area contributed by atoms with Crippen LogP contribution in [-0.2, 0) is 4.79 Å². The highest BCUT2D eigenvalue weighted by Crippen LogP contribution is 2.21. The molecule has 19 heavy (non-hydrogen) atoms. The Hall–Kier alpha value is -1.62. The van der Waals surface area contributed by atoms with Crippen molar-refractivity contribution in [2.75, 3.05) is 5.32 Å². The molecule has 2 rings (SSSR count). The van der Waals surface area contributed by atoms with Crippen LogP contribution >= 0.6 is 23.2 Å². The molecular weight excluding hydrogens is 287 g/mol. The van der Waals surface area contributed by atoms with Crippen LogP contribution < -0.4 is 5.32 Å². The SMILES string of the molecule is O=C(Nc1cccnc1Cl)C(O)c1ccc(Cl)cc1. The van der Waals surface area contributed by atoms with Crippen molar-refractivity contribution in [1.29, 1.82) is 0 Å². The summed E-state index contributed by atoms with van der Waals surface area (Å²) in [5.74, 6) is -0.586. The van der Waals surface area contributed by atoms with E-state index in [1.807, 2.05) is 0 Å². The standard InChI is InChI=1S/C13H10Cl2N2O2/c14-9-5-3-8(4-6-9)11(18)13(19)17-10-2-1-7-16-12(10)15/h1-7,11,18H,(H,17,19). The molecule has 0 saturated carbocycles. The highest BCUT2D eigenvalue weighted by atomic mass is 35.5. The van der Waals surface area contributed by atoms with Crippen molar-refractivity contribution >= 4 is 34.8 Å². The van der Waals surface area contributed by atoms with Gasteiger partial charge in [-0.05, 0) is 29.8 Å². The molecule has 0 saturated heterocycles. The second kappa shape index (κ2) is 6.02. The third kappa shape index (κ3) is 3.44. The van der Waals surface area contributed by atoms with Gasteiger partial charge in [-0.2, -0.15) is 0 Å². The van der Waals surface area contributed by atoms with Gasteiger partial charge in [0.05, 0.1) is 5.69 Å². The molecule has 0 fully saturated rings. The monoisotopic (exact) mass is 296 g/mol. The normalized spacial score (nSPS) is 11.9. The van der Waals surface area contributed by atoms with Crippen LogP contribution in [0.2, 0.25) is 10.2 Å². The Labute approximate surface area is 120 Å². The number of aliphatic hydroxyl groups is 1. The van der Waals surface area contributed by atoms with E-state index in [0.717, 1.165) is 0 Å². The fourth-order valence-corrected chi connectivity index (χ4v) is 1.77. The second-order valence-corrected chi connectivity index (χ2v) is 4.58. The van der Waals surface area contributed by atoms with Gasteiger partial charge in [0.25, 0.3) is 5.91 Å². The third-order valence-corrected chi connectivity index (χ3v) is 3.00. The summed E-state index contributed by atoms with van der Waals surface area (Å²) >= 11 is 11.6. The number of halogens is 2. The Morgan fingerprint density at radius 1 is 1.21 bits per heavy atom. The number of carbonyl (C=O) groups is 1. The van der Waals surface area contributed by atoms with Crippen LogP contribution in [0.4, 0.5) is 5.69 Å². The maximum atomic E-state index is 11.9. The predicted molar refractivity (Wildman–Crippen MR) is 74.3 cm³/mol. The lowest BCUT2D eigenvalue weighted by Crippen LogP contribution is -2.21. The van der Waals surface area contributed by atoms with E-state index in [2.05, 4.69) is 10.3 Å². The van der Waals surface area contributed by atoms with E-state index >= 15 is 0 Å². The first kappa shape index (κ1) is 13.8. The van der Waals surface area contributed by atoms with Gasteiger partial charge in [-0.1, -0.05) is 35.3 Å². The van der Waals surface area contributed by atoms with Crippen LogP contribution in [0, 0.1) is 0 Å². The largest absolute Gasteiger partial charge is 0.378 e. The van der Waals surface area contributed by atoms with Crippen LogP contribution in [-0.4, -0.2) is 16.0 Å². The van der Waals surface area contributed by atoms with Gasteiger partial charge in [-0.15, -0.1) is 0 Å². The quantitative estimate of drug-likeness (QED) is 0.856.